The first kappa shape index (κ1) is 13.1. The SMILES string of the molecule is O=C1Nc2ccc(Br)cc2C1Nc1cc(F)ccc1F. The lowest BCUT2D eigenvalue weighted by molar-refractivity contribution is -0.116. The fourth-order valence-electron chi connectivity index (χ4n) is 2.14. The molecule has 6 heteroatoms. The van der Waals surface area contributed by atoms with Crippen molar-refractivity contribution in [2.75, 3.05) is 10.6 Å². The largest absolute Gasteiger partial charge is 0.368 e. The van der Waals surface area contributed by atoms with E-state index in [2.05, 4.69) is 26.6 Å². The molecule has 0 aromatic heterocycles. The Morgan fingerprint density at radius 2 is 1.95 bits per heavy atom. The molecule has 1 aliphatic rings. The van der Waals surface area contributed by atoms with Gasteiger partial charge in [-0.1, -0.05) is 15.9 Å². The summed E-state index contributed by atoms with van der Waals surface area (Å²) in [5.41, 5.74) is 1.30. The minimum Gasteiger partial charge on any atom is -0.368 e. The number of carbonyl (C=O) groups is 1. The monoisotopic (exact) mass is 338 g/mol. The third-order valence-corrected chi connectivity index (χ3v) is 3.57. The number of rotatable bonds is 2. The quantitative estimate of drug-likeness (QED) is 0.873. The molecule has 3 nitrogen and oxygen atoms in total. The summed E-state index contributed by atoms with van der Waals surface area (Å²) >= 11 is 3.32. The van der Waals surface area contributed by atoms with Crippen LogP contribution in [0.4, 0.5) is 20.2 Å². The number of benzene rings is 2. The maximum atomic E-state index is 13.6. The predicted molar refractivity (Wildman–Crippen MR) is 75.5 cm³/mol. The molecule has 2 N–H and O–H groups in total. The van der Waals surface area contributed by atoms with E-state index < -0.39 is 17.7 Å². The predicted octanol–water partition coefficient (Wildman–Crippen LogP) is 3.83. The van der Waals surface area contributed by atoms with E-state index in [0.29, 0.717) is 11.3 Å². The number of anilines is 2. The van der Waals surface area contributed by atoms with Crippen molar-refractivity contribution in [1.29, 1.82) is 0 Å². The molecule has 2 aromatic carbocycles. The Morgan fingerprint density at radius 3 is 2.75 bits per heavy atom. The minimum atomic E-state index is -0.751. The lowest BCUT2D eigenvalue weighted by atomic mass is 10.1. The molecule has 1 heterocycles. The minimum absolute atomic E-state index is 0.0435. The maximum Gasteiger partial charge on any atom is 0.251 e. The smallest absolute Gasteiger partial charge is 0.251 e. The average Bonchev–Trinajstić information content (AvgIpc) is 2.70. The van der Waals surface area contributed by atoms with E-state index in [9.17, 15) is 13.6 Å². The first-order valence-electron chi connectivity index (χ1n) is 5.86. The lowest BCUT2D eigenvalue weighted by Gasteiger charge is -2.14. The van der Waals surface area contributed by atoms with Crippen molar-refractivity contribution in [2.45, 2.75) is 6.04 Å². The molecule has 102 valence electrons. The fourth-order valence-corrected chi connectivity index (χ4v) is 2.52. The number of halogens is 3. The number of hydrogen-bond donors (Lipinski definition) is 2. The summed E-state index contributed by atoms with van der Waals surface area (Å²) in [6, 6.07) is 7.64. The van der Waals surface area contributed by atoms with Crippen LogP contribution in [0.2, 0.25) is 0 Å². The van der Waals surface area contributed by atoms with Crippen molar-refractivity contribution in [3.8, 4) is 0 Å². The molecule has 1 amide bonds. The third-order valence-electron chi connectivity index (χ3n) is 3.07. The van der Waals surface area contributed by atoms with Crippen molar-refractivity contribution < 1.29 is 13.6 Å². The molecular weight excluding hydrogens is 330 g/mol. The van der Waals surface area contributed by atoms with Crippen molar-refractivity contribution in [1.82, 2.24) is 0 Å². The van der Waals surface area contributed by atoms with E-state index in [0.717, 1.165) is 22.7 Å². The zero-order valence-electron chi connectivity index (χ0n) is 10.1. The molecule has 1 aliphatic heterocycles. The highest BCUT2D eigenvalue weighted by Crippen LogP contribution is 2.35. The Labute approximate surface area is 122 Å². The topological polar surface area (TPSA) is 41.1 Å². The van der Waals surface area contributed by atoms with E-state index in [1.807, 2.05) is 0 Å². The van der Waals surface area contributed by atoms with Crippen LogP contribution >= 0.6 is 15.9 Å². The van der Waals surface area contributed by atoms with E-state index in [1.165, 1.54) is 0 Å². The molecule has 1 unspecified atom stereocenters. The molecule has 2 aromatic rings. The van der Waals surface area contributed by atoms with Crippen LogP contribution in [-0.2, 0) is 4.79 Å². The van der Waals surface area contributed by atoms with Crippen LogP contribution in [0.25, 0.3) is 0 Å². The zero-order valence-corrected chi connectivity index (χ0v) is 11.7. The molecule has 0 fully saturated rings. The first-order chi connectivity index (χ1) is 9.54. The van der Waals surface area contributed by atoms with Crippen molar-refractivity contribution in [3.05, 3.63) is 58.1 Å². The van der Waals surface area contributed by atoms with E-state index in [4.69, 9.17) is 0 Å². The standard InChI is InChI=1S/C14H9BrF2N2O/c15-7-1-4-11-9(5-7)13(14(20)19-11)18-12-6-8(16)2-3-10(12)17/h1-6,13,18H,(H,19,20). The molecule has 1 atom stereocenters. The second-order valence-electron chi connectivity index (χ2n) is 4.42. The van der Waals surface area contributed by atoms with Crippen LogP contribution < -0.4 is 10.6 Å². The summed E-state index contributed by atoms with van der Waals surface area (Å²) in [6.45, 7) is 0. The Kier molecular flexibility index (Phi) is 3.17. The van der Waals surface area contributed by atoms with Gasteiger partial charge in [0.1, 0.15) is 17.7 Å². The van der Waals surface area contributed by atoms with Crippen LogP contribution in [0.1, 0.15) is 11.6 Å². The molecule has 0 radical (unpaired) electrons. The van der Waals surface area contributed by atoms with Gasteiger partial charge in [-0.05, 0) is 36.4 Å². The van der Waals surface area contributed by atoms with E-state index in [-0.39, 0.29) is 11.6 Å². The molecule has 0 bridgehead atoms. The molecule has 0 aliphatic carbocycles. The van der Waals surface area contributed by atoms with E-state index in [1.54, 1.807) is 18.2 Å². The van der Waals surface area contributed by atoms with Gasteiger partial charge in [0.2, 0.25) is 0 Å². The van der Waals surface area contributed by atoms with Gasteiger partial charge in [-0.3, -0.25) is 4.79 Å². The van der Waals surface area contributed by atoms with Crippen molar-refractivity contribution in [3.63, 3.8) is 0 Å². The molecule has 20 heavy (non-hydrogen) atoms. The Balaban J connectivity index is 1.97. The van der Waals surface area contributed by atoms with Gasteiger partial charge in [0.05, 0.1) is 5.69 Å². The van der Waals surface area contributed by atoms with Gasteiger partial charge in [-0.25, -0.2) is 8.78 Å². The fraction of sp³-hybridized carbons (Fsp3) is 0.0714. The molecule has 3 rings (SSSR count). The van der Waals surface area contributed by atoms with Gasteiger partial charge in [-0.15, -0.1) is 0 Å². The number of fused-ring (bicyclic) bond motifs is 1. The summed E-state index contributed by atoms with van der Waals surface area (Å²) in [5.74, 6) is -1.48. The summed E-state index contributed by atoms with van der Waals surface area (Å²) in [7, 11) is 0. The lowest BCUT2D eigenvalue weighted by Crippen LogP contribution is -2.20. The van der Waals surface area contributed by atoms with Crippen LogP contribution in [0, 0.1) is 11.6 Å². The van der Waals surface area contributed by atoms with E-state index >= 15 is 0 Å². The van der Waals surface area contributed by atoms with Gasteiger partial charge in [0.15, 0.2) is 0 Å². The van der Waals surface area contributed by atoms with Gasteiger partial charge < -0.3 is 10.6 Å². The summed E-state index contributed by atoms with van der Waals surface area (Å²) in [5, 5.41) is 5.43. The van der Waals surface area contributed by atoms with Crippen LogP contribution in [0.3, 0.4) is 0 Å². The van der Waals surface area contributed by atoms with Crippen LogP contribution in [0.15, 0.2) is 40.9 Å². The third kappa shape index (κ3) is 2.27. The first-order valence-corrected chi connectivity index (χ1v) is 6.66. The van der Waals surface area contributed by atoms with Gasteiger partial charge >= 0.3 is 0 Å². The van der Waals surface area contributed by atoms with Crippen LogP contribution in [0.5, 0.6) is 0 Å². The van der Waals surface area contributed by atoms with Crippen molar-refractivity contribution >= 4 is 33.2 Å². The zero-order chi connectivity index (χ0) is 14.3. The number of hydrogen-bond acceptors (Lipinski definition) is 2. The van der Waals surface area contributed by atoms with Gasteiger partial charge in [0, 0.05) is 15.7 Å². The summed E-state index contributed by atoms with van der Waals surface area (Å²) < 4.78 is 27.6. The molecule has 0 saturated heterocycles. The normalized spacial score (nSPS) is 16.8. The second-order valence-corrected chi connectivity index (χ2v) is 5.34. The molecular formula is C14H9BrF2N2O. The highest BCUT2D eigenvalue weighted by Gasteiger charge is 2.31. The Hall–Kier alpha value is -1.95. The van der Waals surface area contributed by atoms with Crippen molar-refractivity contribution in [2.24, 2.45) is 0 Å². The van der Waals surface area contributed by atoms with Crippen LogP contribution in [-0.4, -0.2) is 5.91 Å². The van der Waals surface area contributed by atoms with Gasteiger partial charge in [0.25, 0.3) is 5.91 Å². The summed E-state index contributed by atoms with van der Waals surface area (Å²) in [4.78, 5) is 11.9. The van der Waals surface area contributed by atoms with Gasteiger partial charge in [-0.2, -0.15) is 0 Å². The number of carbonyl (C=O) groups excluding carboxylic acids is 1. The Bertz CT molecular complexity index is 706. The highest BCUT2D eigenvalue weighted by molar-refractivity contribution is 9.10. The summed E-state index contributed by atoms with van der Waals surface area (Å²) in [6.07, 6.45) is 0. The second kappa shape index (κ2) is 4.86. The number of amides is 1. The Morgan fingerprint density at radius 1 is 1.15 bits per heavy atom. The highest BCUT2D eigenvalue weighted by atomic mass is 79.9. The maximum absolute atomic E-state index is 13.6. The molecule has 0 saturated carbocycles. The molecule has 0 spiro atoms. The average molecular weight is 339 g/mol. The number of nitrogens with one attached hydrogen (secondary N) is 2.